The third-order valence-corrected chi connectivity index (χ3v) is 1.63. The molecule has 0 saturated carbocycles. The SMILES string of the molecule is [CH2]C(=O)CCCCC(C)(C)C. The smallest absolute Gasteiger partial charge is 0.133 e. The molecule has 0 atom stereocenters. The van der Waals surface area contributed by atoms with E-state index in [1.54, 1.807) is 0 Å². The van der Waals surface area contributed by atoms with Crippen molar-refractivity contribution in [3.8, 4) is 0 Å². The van der Waals surface area contributed by atoms with E-state index in [-0.39, 0.29) is 5.78 Å². The summed E-state index contributed by atoms with van der Waals surface area (Å²) in [6.07, 6.45) is 3.99. The van der Waals surface area contributed by atoms with E-state index in [0.717, 1.165) is 12.8 Å². The maximum absolute atomic E-state index is 10.5. The fourth-order valence-electron chi connectivity index (χ4n) is 0.977. The lowest BCUT2D eigenvalue weighted by atomic mass is 9.89. The van der Waals surface area contributed by atoms with E-state index in [0.29, 0.717) is 11.8 Å². The second-order valence-electron chi connectivity index (χ2n) is 4.31. The van der Waals surface area contributed by atoms with E-state index in [1.165, 1.54) is 6.42 Å². The molecule has 1 heteroatoms. The maximum Gasteiger partial charge on any atom is 0.133 e. The zero-order valence-corrected chi connectivity index (χ0v) is 7.94. The number of unbranched alkanes of at least 4 members (excludes halogenated alkanes) is 1. The van der Waals surface area contributed by atoms with Gasteiger partial charge in [0.1, 0.15) is 5.78 Å². The molecule has 0 amide bonds. The molecule has 0 spiro atoms. The number of rotatable bonds is 4. The van der Waals surface area contributed by atoms with Gasteiger partial charge in [-0.25, -0.2) is 0 Å². The van der Waals surface area contributed by atoms with E-state index in [9.17, 15) is 4.79 Å². The minimum atomic E-state index is 0.0684. The van der Waals surface area contributed by atoms with Crippen LogP contribution in [0.2, 0.25) is 0 Å². The summed E-state index contributed by atoms with van der Waals surface area (Å²) in [5.74, 6) is 0.0684. The number of carbonyl (C=O) groups is 1. The van der Waals surface area contributed by atoms with Crippen LogP contribution in [0.15, 0.2) is 0 Å². The van der Waals surface area contributed by atoms with Crippen molar-refractivity contribution in [3.05, 3.63) is 6.92 Å². The van der Waals surface area contributed by atoms with E-state index >= 15 is 0 Å². The molecular weight excluding hydrogens is 136 g/mol. The Morgan fingerprint density at radius 1 is 1.27 bits per heavy atom. The molecule has 0 aliphatic carbocycles. The van der Waals surface area contributed by atoms with Crippen molar-refractivity contribution in [2.45, 2.75) is 46.5 Å². The lowest BCUT2D eigenvalue weighted by Crippen LogP contribution is -2.04. The fraction of sp³-hybridized carbons (Fsp3) is 0.800. The van der Waals surface area contributed by atoms with E-state index in [2.05, 4.69) is 27.7 Å². The Balaban J connectivity index is 3.22. The van der Waals surface area contributed by atoms with Crippen molar-refractivity contribution in [1.29, 1.82) is 0 Å². The van der Waals surface area contributed by atoms with Gasteiger partial charge in [0, 0.05) is 13.3 Å². The van der Waals surface area contributed by atoms with E-state index in [1.807, 2.05) is 0 Å². The summed E-state index contributed by atoms with van der Waals surface area (Å²) in [7, 11) is 0. The van der Waals surface area contributed by atoms with Crippen LogP contribution in [0.25, 0.3) is 0 Å². The summed E-state index contributed by atoms with van der Waals surface area (Å²) in [6, 6.07) is 0. The van der Waals surface area contributed by atoms with Gasteiger partial charge in [-0.3, -0.25) is 4.79 Å². The van der Waals surface area contributed by atoms with Gasteiger partial charge < -0.3 is 0 Å². The predicted octanol–water partition coefficient (Wildman–Crippen LogP) is 3.00. The minimum Gasteiger partial charge on any atom is -0.300 e. The Labute approximate surface area is 70.2 Å². The van der Waals surface area contributed by atoms with Crippen molar-refractivity contribution >= 4 is 5.78 Å². The quantitative estimate of drug-likeness (QED) is 0.570. The number of carbonyl (C=O) groups excluding carboxylic acids is 1. The Morgan fingerprint density at radius 2 is 1.82 bits per heavy atom. The molecular formula is C10H19O. The van der Waals surface area contributed by atoms with Crippen LogP contribution in [-0.2, 0) is 4.79 Å². The average Bonchev–Trinajstić information content (AvgIpc) is 1.78. The molecule has 11 heavy (non-hydrogen) atoms. The van der Waals surface area contributed by atoms with Crippen LogP contribution in [0, 0.1) is 12.3 Å². The topological polar surface area (TPSA) is 17.1 Å². The largest absolute Gasteiger partial charge is 0.300 e. The number of Topliss-reactive ketones (excluding diaryl/α,β-unsaturated/α-hetero) is 1. The third kappa shape index (κ3) is 9.67. The summed E-state index contributed by atoms with van der Waals surface area (Å²) in [6.45, 7) is 10.00. The first-order valence-electron chi connectivity index (χ1n) is 4.26. The first-order valence-corrected chi connectivity index (χ1v) is 4.26. The Morgan fingerprint density at radius 3 is 2.18 bits per heavy atom. The predicted molar refractivity (Wildman–Crippen MR) is 48.3 cm³/mol. The zero-order valence-electron chi connectivity index (χ0n) is 7.94. The van der Waals surface area contributed by atoms with Gasteiger partial charge in [-0.05, 0) is 18.3 Å². The Kier molecular flexibility index (Phi) is 4.39. The molecule has 0 N–H and O–H groups in total. The maximum atomic E-state index is 10.5. The monoisotopic (exact) mass is 155 g/mol. The van der Waals surface area contributed by atoms with Gasteiger partial charge in [0.2, 0.25) is 0 Å². The second kappa shape index (κ2) is 4.53. The molecule has 0 heterocycles. The normalized spacial score (nSPS) is 11.6. The zero-order chi connectivity index (χ0) is 8.91. The van der Waals surface area contributed by atoms with Gasteiger partial charge in [0.25, 0.3) is 0 Å². The van der Waals surface area contributed by atoms with E-state index < -0.39 is 0 Å². The van der Waals surface area contributed by atoms with Crippen molar-refractivity contribution < 1.29 is 4.79 Å². The molecule has 0 saturated heterocycles. The van der Waals surface area contributed by atoms with Gasteiger partial charge in [-0.15, -0.1) is 0 Å². The van der Waals surface area contributed by atoms with Gasteiger partial charge in [0.05, 0.1) is 0 Å². The van der Waals surface area contributed by atoms with Crippen molar-refractivity contribution in [2.24, 2.45) is 5.41 Å². The molecule has 0 aliphatic rings. The van der Waals surface area contributed by atoms with Crippen molar-refractivity contribution in [3.63, 3.8) is 0 Å². The van der Waals surface area contributed by atoms with Crippen LogP contribution in [0.1, 0.15) is 46.5 Å². The highest BCUT2D eigenvalue weighted by molar-refractivity contribution is 5.82. The highest BCUT2D eigenvalue weighted by Crippen LogP contribution is 2.21. The summed E-state index contributed by atoms with van der Waals surface area (Å²) in [4.78, 5) is 10.5. The van der Waals surface area contributed by atoms with Crippen molar-refractivity contribution in [2.75, 3.05) is 0 Å². The first kappa shape index (κ1) is 10.7. The van der Waals surface area contributed by atoms with Gasteiger partial charge >= 0.3 is 0 Å². The van der Waals surface area contributed by atoms with Gasteiger partial charge in [0.15, 0.2) is 0 Å². The summed E-state index contributed by atoms with van der Waals surface area (Å²) >= 11 is 0. The molecule has 0 aromatic heterocycles. The summed E-state index contributed by atoms with van der Waals surface area (Å²) in [5, 5.41) is 0. The number of hydrogen-bond donors (Lipinski definition) is 0. The number of ketones is 1. The molecule has 0 aliphatic heterocycles. The van der Waals surface area contributed by atoms with Crippen LogP contribution in [0.4, 0.5) is 0 Å². The highest BCUT2D eigenvalue weighted by atomic mass is 16.1. The van der Waals surface area contributed by atoms with Crippen LogP contribution < -0.4 is 0 Å². The molecule has 0 bridgehead atoms. The molecule has 0 aromatic rings. The number of hydrogen-bond acceptors (Lipinski definition) is 1. The second-order valence-corrected chi connectivity index (χ2v) is 4.31. The van der Waals surface area contributed by atoms with Gasteiger partial charge in [-0.2, -0.15) is 0 Å². The lowest BCUT2D eigenvalue weighted by Gasteiger charge is -2.17. The minimum absolute atomic E-state index is 0.0684. The Bertz CT molecular complexity index is 119. The lowest BCUT2D eigenvalue weighted by molar-refractivity contribution is -0.115. The van der Waals surface area contributed by atoms with E-state index in [4.69, 9.17) is 0 Å². The van der Waals surface area contributed by atoms with Crippen molar-refractivity contribution in [1.82, 2.24) is 0 Å². The first-order chi connectivity index (χ1) is 4.92. The van der Waals surface area contributed by atoms with Crippen LogP contribution in [0.5, 0.6) is 0 Å². The van der Waals surface area contributed by atoms with Gasteiger partial charge in [-0.1, -0.05) is 27.2 Å². The van der Waals surface area contributed by atoms with Crippen LogP contribution >= 0.6 is 0 Å². The molecule has 0 aromatic carbocycles. The summed E-state index contributed by atoms with van der Waals surface area (Å²) in [5.41, 5.74) is 0.407. The molecule has 65 valence electrons. The highest BCUT2D eigenvalue weighted by Gasteiger charge is 2.08. The fourth-order valence-corrected chi connectivity index (χ4v) is 0.977. The molecule has 0 rings (SSSR count). The third-order valence-electron chi connectivity index (χ3n) is 1.63. The molecule has 1 radical (unpaired) electrons. The molecule has 1 nitrogen and oxygen atoms in total. The Hall–Kier alpha value is -0.330. The average molecular weight is 155 g/mol. The standard InChI is InChI=1S/C10H19O/c1-9(11)7-5-6-8-10(2,3)4/h1,5-8H2,2-4H3. The van der Waals surface area contributed by atoms with Crippen LogP contribution in [-0.4, -0.2) is 5.78 Å². The molecule has 0 unspecified atom stereocenters. The summed E-state index contributed by atoms with van der Waals surface area (Å²) < 4.78 is 0. The molecule has 0 fully saturated rings. The van der Waals surface area contributed by atoms with Crippen LogP contribution in [0.3, 0.4) is 0 Å².